The number of fused-ring (bicyclic) bond motifs is 1. The van der Waals surface area contributed by atoms with Crippen LogP contribution in [0.25, 0.3) is 16.6 Å². The van der Waals surface area contributed by atoms with Crippen molar-refractivity contribution in [3.8, 4) is 11.4 Å². The Morgan fingerprint density at radius 1 is 1.17 bits per heavy atom. The average molecular weight is 324 g/mol. The van der Waals surface area contributed by atoms with Gasteiger partial charge >= 0.3 is 0 Å². The molecular formula is C19H22N3O2+. The molecule has 0 radical (unpaired) electrons. The van der Waals surface area contributed by atoms with Gasteiger partial charge in [0.15, 0.2) is 5.82 Å². The molecule has 1 atom stereocenters. The number of rotatable bonds is 5. The van der Waals surface area contributed by atoms with Gasteiger partial charge in [-0.25, -0.2) is 4.98 Å². The van der Waals surface area contributed by atoms with Gasteiger partial charge in [0.25, 0.3) is 5.56 Å². The standard InChI is InChI=1S/C19H21N3O2/c1-4-20-13(2)18-21-15-10-6-5-9-14(15)19(23)22(18)16-11-7-8-12-17(16)24-3/h5-13,20H,4H2,1-3H3/p+1/t13-/m1/s1. The Bertz CT molecular complexity index is 918. The number of hydrogen-bond acceptors (Lipinski definition) is 3. The summed E-state index contributed by atoms with van der Waals surface area (Å²) in [6, 6.07) is 15.0. The van der Waals surface area contributed by atoms with Gasteiger partial charge in [-0.05, 0) is 38.1 Å². The zero-order valence-corrected chi connectivity index (χ0v) is 14.2. The fraction of sp³-hybridized carbons (Fsp3) is 0.263. The lowest BCUT2D eigenvalue weighted by atomic mass is 10.2. The van der Waals surface area contributed by atoms with Crippen molar-refractivity contribution in [2.45, 2.75) is 19.9 Å². The smallest absolute Gasteiger partial charge is 0.266 e. The predicted octanol–water partition coefficient (Wildman–Crippen LogP) is 2.04. The molecule has 2 N–H and O–H groups in total. The van der Waals surface area contributed by atoms with E-state index in [-0.39, 0.29) is 11.6 Å². The van der Waals surface area contributed by atoms with Gasteiger partial charge in [0.2, 0.25) is 0 Å². The number of nitrogens with zero attached hydrogens (tertiary/aromatic N) is 2. The highest BCUT2D eigenvalue weighted by molar-refractivity contribution is 5.78. The molecular weight excluding hydrogens is 302 g/mol. The van der Waals surface area contributed by atoms with Crippen molar-refractivity contribution in [2.24, 2.45) is 0 Å². The first kappa shape index (κ1) is 16.2. The average Bonchev–Trinajstić information content (AvgIpc) is 2.62. The SMILES string of the molecule is CC[NH2+][C@H](C)c1nc2ccccc2c(=O)n1-c1ccccc1OC. The van der Waals surface area contributed by atoms with Crippen LogP contribution in [0.4, 0.5) is 0 Å². The second-order valence-electron chi connectivity index (χ2n) is 5.73. The Labute approximate surface area is 140 Å². The second kappa shape index (κ2) is 6.84. The molecule has 1 aromatic heterocycles. The topological polar surface area (TPSA) is 60.7 Å². The highest BCUT2D eigenvalue weighted by Crippen LogP contribution is 2.24. The molecule has 0 unspecified atom stereocenters. The van der Waals surface area contributed by atoms with E-state index in [2.05, 4.69) is 19.2 Å². The van der Waals surface area contributed by atoms with E-state index in [4.69, 9.17) is 9.72 Å². The minimum atomic E-state index is -0.0727. The summed E-state index contributed by atoms with van der Waals surface area (Å²) < 4.78 is 7.14. The lowest BCUT2D eigenvalue weighted by Crippen LogP contribution is -2.84. The van der Waals surface area contributed by atoms with Gasteiger partial charge in [-0.1, -0.05) is 24.3 Å². The zero-order valence-electron chi connectivity index (χ0n) is 14.2. The van der Waals surface area contributed by atoms with Gasteiger partial charge in [-0.15, -0.1) is 0 Å². The third-order valence-electron chi connectivity index (χ3n) is 4.12. The highest BCUT2D eigenvalue weighted by Gasteiger charge is 2.21. The zero-order chi connectivity index (χ0) is 17.1. The summed E-state index contributed by atoms with van der Waals surface area (Å²) in [5, 5.41) is 2.76. The number of aromatic nitrogens is 2. The van der Waals surface area contributed by atoms with Crippen molar-refractivity contribution in [2.75, 3.05) is 13.7 Å². The minimum absolute atomic E-state index is 0.0530. The quantitative estimate of drug-likeness (QED) is 0.781. The lowest BCUT2D eigenvalue weighted by molar-refractivity contribution is -0.691. The molecule has 124 valence electrons. The molecule has 0 bridgehead atoms. The first-order chi connectivity index (χ1) is 11.7. The lowest BCUT2D eigenvalue weighted by Gasteiger charge is -2.18. The Hall–Kier alpha value is -2.66. The number of methoxy groups -OCH3 is 1. The van der Waals surface area contributed by atoms with Gasteiger partial charge < -0.3 is 10.1 Å². The number of quaternary nitrogens is 1. The van der Waals surface area contributed by atoms with E-state index >= 15 is 0 Å². The van der Waals surface area contributed by atoms with Crippen molar-refractivity contribution in [1.29, 1.82) is 0 Å². The van der Waals surface area contributed by atoms with Crippen LogP contribution in [0.5, 0.6) is 5.75 Å². The van der Waals surface area contributed by atoms with E-state index in [0.717, 1.165) is 23.6 Å². The molecule has 2 aromatic carbocycles. The molecule has 3 rings (SSSR count). The maximum atomic E-state index is 13.2. The van der Waals surface area contributed by atoms with E-state index in [1.807, 2.05) is 48.5 Å². The van der Waals surface area contributed by atoms with Crippen molar-refractivity contribution in [1.82, 2.24) is 9.55 Å². The largest absolute Gasteiger partial charge is 0.495 e. The van der Waals surface area contributed by atoms with Gasteiger partial charge in [0.1, 0.15) is 11.8 Å². The Kier molecular flexibility index (Phi) is 4.62. The summed E-state index contributed by atoms with van der Waals surface area (Å²) in [4.78, 5) is 18.0. The Morgan fingerprint density at radius 3 is 2.62 bits per heavy atom. The van der Waals surface area contributed by atoms with Gasteiger partial charge in [-0.2, -0.15) is 0 Å². The first-order valence-corrected chi connectivity index (χ1v) is 8.15. The molecule has 0 amide bonds. The molecule has 0 fully saturated rings. The predicted molar refractivity (Wildman–Crippen MR) is 94.8 cm³/mol. The third-order valence-corrected chi connectivity index (χ3v) is 4.12. The number of benzene rings is 2. The van der Waals surface area contributed by atoms with Crippen molar-refractivity contribution >= 4 is 10.9 Å². The number of ether oxygens (including phenoxy) is 1. The summed E-state index contributed by atoms with van der Waals surface area (Å²) in [5.74, 6) is 1.38. The maximum Gasteiger partial charge on any atom is 0.266 e. The molecule has 5 nitrogen and oxygen atoms in total. The minimum Gasteiger partial charge on any atom is -0.495 e. The molecule has 3 aromatic rings. The summed E-state index contributed by atoms with van der Waals surface area (Å²) in [5.41, 5.74) is 1.37. The molecule has 0 spiro atoms. The Balaban J connectivity index is 2.37. The van der Waals surface area contributed by atoms with E-state index in [9.17, 15) is 4.79 Å². The second-order valence-corrected chi connectivity index (χ2v) is 5.73. The summed E-state index contributed by atoms with van der Waals surface area (Å²) in [7, 11) is 1.61. The van der Waals surface area contributed by atoms with E-state index in [1.165, 1.54) is 0 Å². The maximum absolute atomic E-state index is 13.2. The molecule has 5 heteroatoms. The fourth-order valence-electron chi connectivity index (χ4n) is 2.96. The molecule has 0 saturated carbocycles. The molecule has 0 aliphatic rings. The third kappa shape index (κ3) is 2.78. The first-order valence-electron chi connectivity index (χ1n) is 8.15. The van der Waals surface area contributed by atoms with Crippen LogP contribution in [0.2, 0.25) is 0 Å². The van der Waals surface area contributed by atoms with Crippen molar-refractivity contribution in [3.05, 3.63) is 64.7 Å². The number of nitrogens with two attached hydrogens (primary N) is 1. The van der Waals surface area contributed by atoms with Crippen LogP contribution in [-0.2, 0) is 0 Å². The summed E-state index contributed by atoms with van der Waals surface area (Å²) >= 11 is 0. The molecule has 0 saturated heterocycles. The molecule has 1 heterocycles. The van der Waals surface area contributed by atoms with E-state index < -0.39 is 0 Å². The van der Waals surface area contributed by atoms with Gasteiger partial charge in [-0.3, -0.25) is 9.36 Å². The van der Waals surface area contributed by atoms with Gasteiger partial charge in [0.05, 0.1) is 30.2 Å². The Morgan fingerprint density at radius 2 is 1.88 bits per heavy atom. The number of hydrogen-bond donors (Lipinski definition) is 1. The highest BCUT2D eigenvalue weighted by atomic mass is 16.5. The molecule has 24 heavy (non-hydrogen) atoms. The van der Waals surface area contributed by atoms with Crippen molar-refractivity contribution in [3.63, 3.8) is 0 Å². The summed E-state index contributed by atoms with van der Waals surface area (Å²) in [6.45, 7) is 5.06. The van der Waals surface area contributed by atoms with Crippen LogP contribution in [0.1, 0.15) is 25.7 Å². The van der Waals surface area contributed by atoms with Crippen LogP contribution in [-0.4, -0.2) is 23.2 Å². The normalized spacial score (nSPS) is 12.3. The van der Waals surface area contributed by atoms with Crippen LogP contribution in [0, 0.1) is 0 Å². The van der Waals surface area contributed by atoms with Gasteiger partial charge in [0, 0.05) is 0 Å². The van der Waals surface area contributed by atoms with Crippen LogP contribution < -0.4 is 15.6 Å². The molecule has 0 aliphatic heterocycles. The molecule has 0 aliphatic carbocycles. The van der Waals surface area contributed by atoms with E-state index in [0.29, 0.717) is 11.1 Å². The number of para-hydroxylation sites is 3. The van der Waals surface area contributed by atoms with Crippen molar-refractivity contribution < 1.29 is 10.1 Å². The summed E-state index contributed by atoms with van der Waals surface area (Å²) in [6.07, 6.45) is 0. The van der Waals surface area contributed by atoms with E-state index in [1.54, 1.807) is 11.7 Å². The fourth-order valence-corrected chi connectivity index (χ4v) is 2.96. The van der Waals surface area contributed by atoms with Crippen LogP contribution >= 0.6 is 0 Å². The van der Waals surface area contributed by atoms with Crippen LogP contribution in [0.15, 0.2) is 53.3 Å². The van der Waals surface area contributed by atoms with Crippen LogP contribution in [0.3, 0.4) is 0 Å². The monoisotopic (exact) mass is 324 g/mol.